The third kappa shape index (κ3) is 5.15. The highest BCUT2D eigenvalue weighted by Crippen LogP contribution is 2.29. The molecule has 1 fully saturated rings. The van der Waals surface area contributed by atoms with Crippen LogP contribution in [0.1, 0.15) is 10.4 Å². The van der Waals surface area contributed by atoms with Crippen LogP contribution >= 0.6 is 0 Å². The lowest BCUT2D eigenvalue weighted by Crippen LogP contribution is -2.37. The molecule has 0 N–H and O–H groups in total. The van der Waals surface area contributed by atoms with Crippen molar-refractivity contribution >= 4 is 16.1 Å². The van der Waals surface area contributed by atoms with Crippen LogP contribution in [0.15, 0.2) is 35.4 Å². The number of rotatable bonds is 7. The minimum Gasteiger partial charge on any atom is -0.459 e. The predicted octanol–water partition coefficient (Wildman–Crippen LogP) is 1.24. The zero-order valence-corrected chi connectivity index (χ0v) is 14.3. The van der Waals surface area contributed by atoms with Gasteiger partial charge in [-0.2, -0.15) is 8.42 Å². The van der Waals surface area contributed by atoms with Gasteiger partial charge in [0.25, 0.3) is 10.1 Å². The van der Waals surface area contributed by atoms with E-state index in [0.717, 1.165) is 6.26 Å². The van der Waals surface area contributed by atoms with Gasteiger partial charge in [0.05, 0.1) is 17.9 Å². The van der Waals surface area contributed by atoms with Gasteiger partial charge in [0.2, 0.25) is 0 Å². The van der Waals surface area contributed by atoms with Gasteiger partial charge in [0, 0.05) is 12.0 Å². The number of carbonyl (C=O) groups excluding carboxylic acids is 1. The molecule has 10 nitrogen and oxygen atoms in total. The number of esters is 1. The Labute approximate surface area is 144 Å². The average molecular weight is 371 g/mol. The zero-order valence-electron chi connectivity index (χ0n) is 13.5. The van der Waals surface area contributed by atoms with Crippen LogP contribution in [0.3, 0.4) is 0 Å². The van der Waals surface area contributed by atoms with Crippen LogP contribution in [0.5, 0.6) is 0 Å². The molecule has 1 unspecified atom stereocenters. The molecule has 1 aliphatic rings. The van der Waals surface area contributed by atoms with Crippen molar-refractivity contribution in [3.8, 4) is 0 Å². The van der Waals surface area contributed by atoms with Crippen molar-refractivity contribution in [3.05, 3.63) is 46.3 Å². The Bertz CT molecular complexity index is 749. The molecule has 11 heteroatoms. The fraction of sp³-hybridized carbons (Fsp3) is 0.500. The Morgan fingerprint density at radius 3 is 2.60 bits per heavy atom. The molecule has 1 aromatic carbocycles. The van der Waals surface area contributed by atoms with Gasteiger partial charge in [-0.3, -0.25) is 4.18 Å². The van der Waals surface area contributed by atoms with E-state index in [9.17, 15) is 13.2 Å². The van der Waals surface area contributed by atoms with Crippen LogP contribution in [-0.4, -0.2) is 58.9 Å². The largest absolute Gasteiger partial charge is 0.459 e. The topological polar surface area (TPSA) is 137 Å². The molecule has 0 bridgehead atoms. The van der Waals surface area contributed by atoms with Crippen LogP contribution < -0.4 is 0 Å². The molecule has 0 amide bonds. The van der Waals surface area contributed by atoms with Crippen molar-refractivity contribution in [2.24, 2.45) is 5.11 Å². The highest BCUT2D eigenvalue weighted by atomic mass is 32.2. The second kappa shape index (κ2) is 8.28. The molecule has 1 aliphatic heterocycles. The first-order valence-corrected chi connectivity index (χ1v) is 9.00. The molecule has 25 heavy (non-hydrogen) atoms. The summed E-state index contributed by atoms with van der Waals surface area (Å²) in [5.74, 6) is -0.592. The molecule has 0 radical (unpaired) electrons. The molecule has 0 saturated carbocycles. The minimum absolute atomic E-state index is 0.263. The molecule has 1 saturated heterocycles. The summed E-state index contributed by atoms with van der Waals surface area (Å²) in [6.45, 7) is -0.263. The number of hydrogen-bond acceptors (Lipinski definition) is 8. The molecular weight excluding hydrogens is 354 g/mol. The summed E-state index contributed by atoms with van der Waals surface area (Å²) in [6.07, 6.45) is -2.34. The summed E-state index contributed by atoms with van der Waals surface area (Å²) in [6, 6.07) is 7.23. The number of ether oxygens (including phenoxy) is 3. The smallest absolute Gasteiger partial charge is 0.338 e. The van der Waals surface area contributed by atoms with Gasteiger partial charge in [-0.15, -0.1) is 0 Å². The van der Waals surface area contributed by atoms with E-state index in [2.05, 4.69) is 10.0 Å². The normalized spacial score (nSPS) is 26.0. The molecule has 136 valence electrons. The zero-order chi connectivity index (χ0) is 18.4. The Hall–Kier alpha value is -2.17. The van der Waals surface area contributed by atoms with Crippen molar-refractivity contribution < 1.29 is 31.6 Å². The Kier molecular flexibility index (Phi) is 6.34. The van der Waals surface area contributed by atoms with Crippen LogP contribution in [0.4, 0.5) is 0 Å². The predicted molar refractivity (Wildman–Crippen MR) is 85.0 cm³/mol. The summed E-state index contributed by atoms with van der Waals surface area (Å²) in [7, 11) is -2.56. The van der Waals surface area contributed by atoms with E-state index in [4.69, 9.17) is 23.9 Å². The quantitative estimate of drug-likeness (QED) is 0.231. The molecule has 2 rings (SSSR count). The van der Waals surface area contributed by atoms with Gasteiger partial charge < -0.3 is 14.2 Å². The summed E-state index contributed by atoms with van der Waals surface area (Å²) in [4.78, 5) is 14.7. The highest BCUT2D eigenvalue weighted by Gasteiger charge is 2.47. The SMILES string of the molecule is COC1O[C@H](COC(=O)c2ccccc2)[C@H](N=[N+]=[N-])[C@H]1OS(C)(=O)=O. The van der Waals surface area contributed by atoms with E-state index < -0.39 is 40.6 Å². The molecule has 4 atom stereocenters. The fourth-order valence-corrected chi connectivity index (χ4v) is 2.96. The number of hydrogen-bond donors (Lipinski definition) is 0. The summed E-state index contributed by atoms with van der Waals surface area (Å²) < 4.78 is 43.4. The molecule has 0 spiro atoms. The third-order valence-corrected chi connectivity index (χ3v) is 3.96. The Balaban J connectivity index is 2.10. The number of carbonyl (C=O) groups is 1. The number of methoxy groups -OCH3 is 1. The summed E-state index contributed by atoms with van der Waals surface area (Å²) in [5.41, 5.74) is 9.06. The summed E-state index contributed by atoms with van der Waals surface area (Å²) in [5, 5.41) is 3.51. The molecule has 0 aliphatic carbocycles. The lowest BCUT2D eigenvalue weighted by Gasteiger charge is -2.18. The maximum absolute atomic E-state index is 12.0. The van der Waals surface area contributed by atoms with Gasteiger partial charge in [-0.05, 0) is 17.7 Å². The number of nitrogens with zero attached hydrogens (tertiary/aromatic N) is 3. The standard InChI is InChI=1S/C14H17N3O7S/c1-21-14-12(24-25(2,19)20)11(16-17-15)10(23-14)8-22-13(18)9-6-4-3-5-7-9/h3-7,10-12,14H,8H2,1-2H3/t10-,11+,12-,14?/m1/s1. The number of benzene rings is 1. The van der Waals surface area contributed by atoms with E-state index in [-0.39, 0.29) is 6.61 Å². The van der Waals surface area contributed by atoms with E-state index in [1.54, 1.807) is 30.3 Å². The monoisotopic (exact) mass is 371 g/mol. The molecule has 1 heterocycles. The Morgan fingerprint density at radius 2 is 2.04 bits per heavy atom. The molecule has 0 aromatic heterocycles. The first-order chi connectivity index (χ1) is 11.9. The molecular formula is C14H17N3O7S. The van der Waals surface area contributed by atoms with Gasteiger partial charge >= 0.3 is 5.97 Å². The maximum Gasteiger partial charge on any atom is 0.338 e. The first kappa shape index (κ1) is 19.2. The minimum atomic E-state index is -3.85. The second-order valence-corrected chi connectivity index (χ2v) is 6.80. The van der Waals surface area contributed by atoms with Crippen LogP contribution in [0.2, 0.25) is 0 Å². The lowest BCUT2D eigenvalue weighted by atomic mass is 10.1. The second-order valence-electron chi connectivity index (χ2n) is 5.20. The lowest BCUT2D eigenvalue weighted by molar-refractivity contribution is -0.148. The van der Waals surface area contributed by atoms with Gasteiger partial charge in [0.1, 0.15) is 18.8 Å². The third-order valence-electron chi connectivity index (χ3n) is 3.39. The van der Waals surface area contributed by atoms with Crippen molar-refractivity contribution in [1.29, 1.82) is 0 Å². The summed E-state index contributed by atoms with van der Waals surface area (Å²) >= 11 is 0. The van der Waals surface area contributed by atoms with Crippen molar-refractivity contribution in [2.75, 3.05) is 20.0 Å². The van der Waals surface area contributed by atoms with E-state index >= 15 is 0 Å². The first-order valence-electron chi connectivity index (χ1n) is 7.18. The molecule has 1 aromatic rings. The van der Waals surface area contributed by atoms with E-state index in [1.807, 2.05) is 0 Å². The fourth-order valence-electron chi connectivity index (χ4n) is 2.35. The van der Waals surface area contributed by atoms with Crippen molar-refractivity contribution in [3.63, 3.8) is 0 Å². The van der Waals surface area contributed by atoms with Crippen LogP contribution in [-0.2, 0) is 28.5 Å². The van der Waals surface area contributed by atoms with Gasteiger partial charge in [-0.25, -0.2) is 4.79 Å². The van der Waals surface area contributed by atoms with Crippen LogP contribution in [0, 0.1) is 0 Å². The van der Waals surface area contributed by atoms with Crippen molar-refractivity contribution in [2.45, 2.75) is 24.5 Å². The number of azide groups is 1. The maximum atomic E-state index is 12.0. The van der Waals surface area contributed by atoms with E-state index in [1.165, 1.54) is 7.11 Å². The Morgan fingerprint density at radius 1 is 1.36 bits per heavy atom. The van der Waals surface area contributed by atoms with Gasteiger partial charge in [0.15, 0.2) is 6.29 Å². The average Bonchev–Trinajstić information content (AvgIpc) is 2.89. The van der Waals surface area contributed by atoms with Gasteiger partial charge in [-0.1, -0.05) is 23.3 Å². The van der Waals surface area contributed by atoms with Crippen LogP contribution in [0.25, 0.3) is 10.4 Å². The van der Waals surface area contributed by atoms with Crippen molar-refractivity contribution in [1.82, 2.24) is 0 Å². The highest BCUT2D eigenvalue weighted by molar-refractivity contribution is 7.86. The van der Waals surface area contributed by atoms with E-state index in [0.29, 0.717) is 5.56 Å².